The van der Waals surface area contributed by atoms with Crippen LogP contribution in [0.1, 0.15) is 29.8 Å². The van der Waals surface area contributed by atoms with E-state index in [0.717, 1.165) is 5.56 Å². The van der Waals surface area contributed by atoms with Gasteiger partial charge in [-0.2, -0.15) is 12.6 Å². The number of rotatable bonds is 2. The number of carboxylic acids is 1. The number of hydrogen-bond donors (Lipinski definition) is 2. The molecule has 0 aliphatic rings. The summed E-state index contributed by atoms with van der Waals surface area (Å²) < 4.78 is -0.422. The van der Waals surface area contributed by atoms with Crippen molar-refractivity contribution < 1.29 is 9.90 Å². The van der Waals surface area contributed by atoms with Crippen LogP contribution in [-0.4, -0.2) is 11.1 Å². The van der Waals surface area contributed by atoms with Gasteiger partial charge in [0.2, 0.25) is 0 Å². The monoisotopic (exact) mass is 196 g/mol. The van der Waals surface area contributed by atoms with Crippen LogP contribution in [0.3, 0.4) is 0 Å². The molecule has 1 N–H and O–H groups in total. The normalized spacial score (nSPS) is 11.3. The lowest BCUT2D eigenvalue weighted by atomic mass is 9.96. The van der Waals surface area contributed by atoms with E-state index in [0.29, 0.717) is 5.56 Å². The van der Waals surface area contributed by atoms with Crippen molar-refractivity contribution in [2.45, 2.75) is 18.6 Å². The molecule has 1 rings (SSSR count). The standard InChI is InChI=1S/C10H12O2S/c1-10(2,13)8-6-4-3-5-7(8)9(11)12/h3-6,13H,1-2H3,(H,11,12). The van der Waals surface area contributed by atoms with Crippen LogP contribution >= 0.6 is 12.6 Å². The van der Waals surface area contributed by atoms with Crippen molar-refractivity contribution in [1.82, 2.24) is 0 Å². The molecule has 0 amide bonds. The fourth-order valence-electron chi connectivity index (χ4n) is 1.20. The van der Waals surface area contributed by atoms with Crippen molar-refractivity contribution in [3.05, 3.63) is 35.4 Å². The molecule has 0 aromatic heterocycles. The third kappa shape index (κ3) is 2.25. The molecule has 0 fully saturated rings. The number of carboxylic acid groups (broad SMARTS) is 1. The number of hydrogen-bond acceptors (Lipinski definition) is 2. The van der Waals surface area contributed by atoms with Crippen molar-refractivity contribution in [3.8, 4) is 0 Å². The first-order valence-electron chi connectivity index (χ1n) is 3.98. The summed E-state index contributed by atoms with van der Waals surface area (Å²) in [5.41, 5.74) is 1.06. The second kappa shape index (κ2) is 3.42. The van der Waals surface area contributed by atoms with Gasteiger partial charge in [0.05, 0.1) is 5.56 Å². The zero-order valence-electron chi connectivity index (χ0n) is 7.61. The number of thiol groups is 1. The lowest BCUT2D eigenvalue weighted by molar-refractivity contribution is 0.0695. The maximum absolute atomic E-state index is 10.8. The topological polar surface area (TPSA) is 37.3 Å². The molecule has 3 heteroatoms. The molecule has 0 atom stereocenters. The predicted molar refractivity (Wildman–Crippen MR) is 55.4 cm³/mol. The zero-order chi connectivity index (χ0) is 10.1. The molecule has 0 spiro atoms. The van der Waals surface area contributed by atoms with Gasteiger partial charge in [-0.3, -0.25) is 0 Å². The molecule has 0 aliphatic heterocycles. The molecule has 13 heavy (non-hydrogen) atoms. The van der Waals surface area contributed by atoms with E-state index in [4.69, 9.17) is 5.11 Å². The molecule has 1 aromatic carbocycles. The summed E-state index contributed by atoms with van der Waals surface area (Å²) in [6, 6.07) is 6.91. The first-order chi connectivity index (χ1) is 5.93. The molecule has 70 valence electrons. The van der Waals surface area contributed by atoms with Crippen molar-refractivity contribution in [2.75, 3.05) is 0 Å². The number of benzene rings is 1. The average Bonchev–Trinajstić information content (AvgIpc) is 2.03. The lowest BCUT2D eigenvalue weighted by Crippen LogP contribution is -2.14. The Morgan fingerprint density at radius 2 is 1.92 bits per heavy atom. The lowest BCUT2D eigenvalue weighted by Gasteiger charge is -2.19. The van der Waals surface area contributed by atoms with Gasteiger partial charge in [0.15, 0.2) is 0 Å². The quantitative estimate of drug-likeness (QED) is 0.713. The summed E-state index contributed by atoms with van der Waals surface area (Å²) in [5, 5.41) is 8.90. The molecule has 2 nitrogen and oxygen atoms in total. The van der Waals surface area contributed by atoms with Crippen LogP contribution in [0, 0.1) is 0 Å². The van der Waals surface area contributed by atoms with E-state index in [1.807, 2.05) is 19.9 Å². The SMILES string of the molecule is CC(C)(S)c1ccccc1C(=O)O. The van der Waals surface area contributed by atoms with Gasteiger partial charge < -0.3 is 5.11 Å². The first kappa shape index (κ1) is 10.1. The summed E-state index contributed by atoms with van der Waals surface area (Å²) >= 11 is 4.35. The van der Waals surface area contributed by atoms with Crippen LogP contribution in [-0.2, 0) is 4.75 Å². The first-order valence-corrected chi connectivity index (χ1v) is 4.43. The smallest absolute Gasteiger partial charge is 0.336 e. The van der Waals surface area contributed by atoms with E-state index < -0.39 is 10.7 Å². The molecule has 0 saturated heterocycles. The van der Waals surface area contributed by atoms with E-state index >= 15 is 0 Å². The van der Waals surface area contributed by atoms with Gasteiger partial charge in [-0.25, -0.2) is 4.79 Å². The van der Waals surface area contributed by atoms with Gasteiger partial charge in [-0.1, -0.05) is 18.2 Å². The minimum Gasteiger partial charge on any atom is -0.478 e. The molecule has 0 saturated carbocycles. The van der Waals surface area contributed by atoms with Crippen LogP contribution in [0.5, 0.6) is 0 Å². The summed E-state index contributed by atoms with van der Waals surface area (Å²) in [5.74, 6) is -0.905. The van der Waals surface area contributed by atoms with Crippen LogP contribution in [0.2, 0.25) is 0 Å². The van der Waals surface area contributed by atoms with Crippen molar-refractivity contribution in [2.24, 2.45) is 0 Å². The van der Waals surface area contributed by atoms with E-state index in [-0.39, 0.29) is 0 Å². The molecular weight excluding hydrogens is 184 g/mol. The number of carbonyl (C=O) groups is 1. The highest BCUT2D eigenvalue weighted by Crippen LogP contribution is 2.29. The Balaban J connectivity index is 3.28. The predicted octanol–water partition coefficient (Wildman–Crippen LogP) is 2.55. The van der Waals surface area contributed by atoms with Crippen LogP contribution in [0.4, 0.5) is 0 Å². The van der Waals surface area contributed by atoms with Gasteiger partial charge >= 0.3 is 5.97 Å². The van der Waals surface area contributed by atoms with E-state index in [1.165, 1.54) is 0 Å². The third-order valence-corrected chi connectivity index (χ3v) is 2.06. The fraction of sp³-hybridized carbons (Fsp3) is 0.300. The Hall–Kier alpha value is -0.960. The van der Waals surface area contributed by atoms with Crippen molar-refractivity contribution >= 4 is 18.6 Å². The Labute approximate surface area is 83.0 Å². The third-order valence-electron chi connectivity index (χ3n) is 1.82. The Bertz CT molecular complexity index is 326. The fourth-order valence-corrected chi connectivity index (χ4v) is 1.40. The summed E-state index contributed by atoms with van der Waals surface area (Å²) in [6.45, 7) is 3.75. The average molecular weight is 196 g/mol. The Morgan fingerprint density at radius 1 is 1.38 bits per heavy atom. The Kier molecular flexibility index (Phi) is 2.66. The molecule has 1 aromatic rings. The van der Waals surface area contributed by atoms with Crippen LogP contribution < -0.4 is 0 Å². The zero-order valence-corrected chi connectivity index (χ0v) is 8.51. The van der Waals surface area contributed by atoms with Crippen LogP contribution in [0.25, 0.3) is 0 Å². The highest BCUT2D eigenvalue weighted by molar-refractivity contribution is 7.81. The molecule has 0 radical (unpaired) electrons. The van der Waals surface area contributed by atoms with E-state index in [1.54, 1.807) is 18.2 Å². The van der Waals surface area contributed by atoms with Crippen molar-refractivity contribution in [3.63, 3.8) is 0 Å². The highest BCUT2D eigenvalue weighted by atomic mass is 32.1. The van der Waals surface area contributed by atoms with E-state index in [9.17, 15) is 4.79 Å². The van der Waals surface area contributed by atoms with Gasteiger partial charge in [0.1, 0.15) is 0 Å². The summed E-state index contributed by atoms with van der Waals surface area (Å²) in [7, 11) is 0. The molecular formula is C10H12O2S. The van der Waals surface area contributed by atoms with Gasteiger partial charge in [0, 0.05) is 4.75 Å². The molecule has 0 aliphatic carbocycles. The summed E-state index contributed by atoms with van der Waals surface area (Å²) in [4.78, 5) is 10.8. The molecule has 0 bridgehead atoms. The van der Waals surface area contributed by atoms with Crippen LogP contribution in [0.15, 0.2) is 24.3 Å². The minimum absolute atomic E-state index is 0.322. The second-order valence-electron chi connectivity index (χ2n) is 3.41. The number of aromatic carboxylic acids is 1. The summed E-state index contributed by atoms with van der Waals surface area (Å²) in [6.07, 6.45) is 0. The highest BCUT2D eigenvalue weighted by Gasteiger charge is 2.21. The molecule has 0 unspecified atom stereocenters. The van der Waals surface area contributed by atoms with Crippen molar-refractivity contribution in [1.29, 1.82) is 0 Å². The van der Waals surface area contributed by atoms with Gasteiger partial charge in [-0.15, -0.1) is 0 Å². The maximum atomic E-state index is 10.8. The minimum atomic E-state index is -0.905. The largest absolute Gasteiger partial charge is 0.478 e. The van der Waals surface area contributed by atoms with E-state index in [2.05, 4.69) is 12.6 Å². The Morgan fingerprint density at radius 3 is 2.31 bits per heavy atom. The maximum Gasteiger partial charge on any atom is 0.336 e. The molecule has 0 heterocycles. The van der Waals surface area contributed by atoms with Gasteiger partial charge in [0.25, 0.3) is 0 Å². The van der Waals surface area contributed by atoms with Gasteiger partial charge in [-0.05, 0) is 25.5 Å². The second-order valence-corrected chi connectivity index (χ2v) is 4.53.